The molecular weight excluding hydrogens is 244 g/mol. The van der Waals surface area contributed by atoms with Crippen LogP contribution in [0.5, 0.6) is 0 Å². The van der Waals surface area contributed by atoms with Crippen LogP contribution in [0.25, 0.3) is 0 Å². The Labute approximate surface area is 114 Å². The van der Waals surface area contributed by atoms with E-state index in [2.05, 4.69) is 18.6 Å². The molecule has 0 unspecified atom stereocenters. The molecule has 0 heterocycles. The van der Waals surface area contributed by atoms with E-state index < -0.39 is 11.4 Å². The fraction of sp³-hybridized carbons (Fsp3) is 0.800. The third kappa shape index (κ3) is 4.44. The minimum absolute atomic E-state index is 0.0760. The highest BCUT2D eigenvalue weighted by Crippen LogP contribution is 2.44. The van der Waals surface area contributed by atoms with E-state index in [9.17, 15) is 14.4 Å². The van der Waals surface area contributed by atoms with Gasteiger partial charge in [0.2, 0.25) is 0 Å². The van der Waals surface area contributed by atoms with Crippen molar-refractivity contribution in [1.82, 2.24) is 0 Å². The molecule has 1 atom stereocenters. The zero-order valence-corrected chi connectivity index (χ0v) is 12.4. The molecule has 1 fully saturated rings. The van der Waals surface area contributed by atoms with Crippen LogP contribution in [0.1, 0.15) is 59.3 Å². The Morgan fingerprint density at radius 1 is 1.21 bits per heavy atom. The molecule has 19 heavy (non-hydrogen) atoms. The summed E-state index contributed by atoms with van der Waals surface area (Å²) in [6.45, 7) is 6.15. The molecule has 0 saturated heterocycles. The molecule has 0 N–H and O–H groups in total. The van der Waals surface area contributed by atoms with E-state index in [-0.39, 0.29) is 29.8 Å². The lowest BCUT2D eigenvalue weighted by atomic mass is 9.63. The first-order chi connectivity index (χ1) is 8.68. The van der Waals surface area contributed by atoms with Crippen molar-refractivity contribution in [1.29, 1.82) is 0 Å². The van der Waals surface area contributed by atoms with E-state index in [1.165, 1.54) is 7.11 Å². The maximum atomic E-state index is 12.2. The number of Topliss-reactive ketones (excluding diaryl/α,β-unsaturated/α-hetero) is 2. The second-order valence-electron chi connectivity index (χ2n) is 6.62. The van der Waals surface area contributed by atoms with E-state index >= 15 is 0 Å². The van der Waals surface area contributed by atoms with Gasteiger partial charge < -0.3 is 4.74 Å². The Morgan fingerprint density at radius 3 is 2.37 bits per heavy atom. The van der Waals surface area contributed by atoms with Crippen LogP contribution in [0.15, 0.2) is 0 Å². The second-order valence-corrected chi connectivity index (χ2v) is 6.62. The fourth-order valence-corrected chi connectivity index (χ4v) is 2.49. The molecule has 4 heteroatoms. The van der Waals surface area contributed by atoms with Crippen LogP contribution in [0.3, 0.4) is 0 Å². The second kappa shape index (κ2) is 5.85. The standard InChI is InChI=1S/C15H24O4/c1-14(2)7-8-15(3,12(17)10-14)6-5-11(16)9-13(18)19-4/h5-10H2,1-4H3/t15-/m0/s1. The smallest absolute Gasteiger partial charge is 0.313 e. The van der Waals surface area contributed by atoms with E-state index in [0.29, 0.717) is 12.8 Å². The van der Waals surface area contributed by atoms with Gasteiger partial charge in [-0.2, -0.15) is 0 Å². The van der Waals surface area contributed by atoms with Gasteiger partial charge in [0, 0.05) is 18.3 Å². The molecule has 1 aliphatic carbocycles. The van der Waals surface area contributed by atoms with Gasteiger partial charge in [0.15, 0.2) is 0 Å². The maximum Gasteiger partial charge on any atom is 0.313 e. The first-order valence-electron chi connectivity index (χ1n) is 6.80. The van der Waals surface area contributed by atoms with E-state index in [1.807, 2.05) is 6.92 Å². The molecule has 4 nitrogen and oxygen atoms in total. The average Bonchev–Trinajstić information content (AvgIpc) is 2.32. The zero-order chi connectivity index (χ0) is 14.7. The molecule has 0 radical (unpaired) electrons. The highest BCUT2D eigenvalue weighted by atomic mass is 16.5. The van der Waals surface area contributed by atoms with Gasteiger partial charge >= 0.3 is 5.97 Å². The van der Waals surface area contributed by atoms with Gasteiger partial charge in [-0.05, 0) is 24.7 Å². The maximum absolute atomic E-state index is 12.2. The fourth-order valence-electron chi connectivity index (χ4n) is 2.49. The molecule has 1 aliphatic rings. The number of ether oxygens (including phenoxy) is 1. The largest absolute Gasteiger partial charge is 0.469 e. The van der Waals surface area contributed by atoms with Gasteiger partial charge in [0.25, 0.3) is 0 Å². The quantitative estimate of drug-likeness (QED) is 0.568. The molecule has 0 bridgehead atoms. The van der Waals surface area contributed by atoms with Gasteiger partial charge in [-0.15, -0.1) is 0 Å². The Bertz CT molecular complexity index is 384. The van der Waals surface area contributed by atoms with Crippen molar-refractivity contribution in [3.8, 4) is 0 Å². The van der Waals surface area contributed by atoms with Crippen molar-refractivity contribution < 1.29 is 19.1 Å². The molecule has 1 rings (SSSR count). The minimum atomic E-state index is -0.508. The van der Waals surface area contributed by atoms with Crippen molar-refractivity contribution in [2.45, 2.75) is 59.3 Å². The predicted molar refractivity (Wildman–Crippen MR) is 71.6 cm³/mol. The summed E-state index contributed by atoms with van der Waals surface area (Å²) in [5.41, 5.74) is -0.325. The summed E-state index contributed by atoms with van der Waals surface area (Å²) in [4.78, 5) is 34.8. The summed E-state index contributed by atoms with van der Waals surface area (Å²) in [7, 11) is 1.27. The van der Waals surface area contributed by atoms with Crippen molar-refractivity contribution in [3.05, 3.63) is 0 Å². The van der Waals surface area contributed by atoms with Gasteiger partial charge in [0.1, 0.15) is 18.0 Å². The number of methoxy groups -OCH3 is 1. The molecular formula is C15H24O4. The number of rotatable bonds is 5. The number of carbonyl (C=O) groups is 3. The third-order valence-electron chi connectivity index (χ3n) is 4.19. The third-order valence-corrected chi connectivity index (χ3v) is 4.19. The van der Waals surface area contributed by atoms with Gasteiger partial charge in [-0.25, -0.2) is 0 Å². The lowest BCUT2D eigenvalue weighted by molar-refractivity contribution is -0.143. The Balaban J connectivity index is 2.50. The van der Waals surface area contributed by atoms with Gasteiger partial charge in [0.05, 0.1) is 7.11 Å². The number of esters is 1. The SMILES string of the molecule is COC(=O)CC(=O)CC[C@@]1(C)CCC(C)(C)CC1=O. The predicted octanol–water partition coefficient (Wildman–Crippen LogP) is 2.68. The van der Waals surface area contributed by atoms with Crippen LogP contribution in [-0.4, -0.2) is 24.6 Å². The highest BCUT2D eigenvalue weighted by molar-refractivity contribution is 5.96. The molecule has 108 valence electrons. The highest BCUT2D eigenvalue weighted by Gasteiger charge is 2.41. The monoisotopic (exact) mass is 268 g/mol. The van der Waals surface area contributed by atoms with Crippen molar-refractivity contribution in [2.24, 2.45) is 10.8 Å². The van der Waals surface area contributed by atoms with E-state index in [0.717, 1.165) is 12.8 Å². The Kier molecular flexibility index (Phi) is 4.88. The van der Waals surface area contributed by atoms with Crippen molar-refractivity contribution in [2.75, 3.05) is 7.11 Å². The molecule has 0 aromatic rings. The lowest BCUT2D eigenvalue weighted by Crippen LogP contribution is -2.38. The Morgan fingerprint density at radius 2 is 1.84 bits per heavy atom. The minimum Gasteiger partial charge on any atom is -0.469 e. The van der Waals surface area contributed by atoms with Crippen LogP contribution < -0.4 is 0 Å². The molecule has 0 spiro atoms. The molecule has 0 amide bonds. The van der Waals surface area contributed by atoms with Crippen LogP contribution >= 0.6 is 0 Å². The molecule has 1 saturated carbocycles. The van der Waals surface area contributed by atoms with Crippen LogP contribution in [0, 0.1) is 10.8 Å². The Hall–Kier alpha value is -1.19. The normalized spacial score (nSPS) is 26.0. The number of hydrogen-bond donors (Lipinski definition) is 0. The number of carbonyl (C=O) groups excluding carboxylic acids is 3. The summed E-state index contributed by atoms with van der Waals surface area (Å²) < 4.78 is 4.46. The summed E-state index contributed by atoms with van der Waals surface area (Å²) in [5, 5.41) is 0. The first kappa shape index (κ1) is 15.9. The summed E-state index contributed by atoms with van der Waals surface area (Å²) >= 11 is 0. The average molecular weight is 268 g/mol. The molecule has 0 aromatic heterocycles. The molecule has 0 aromatic carbocycles. The lowest BCUT2D eigenvalue weighted by Gasteiger charge is -2.40. The van der Waals surface area contributed by atoms with Crippen LogP contribution in [-0.2, 0) is 19.1 Å². The van der Waals surface area contributed by atoms with E-state index in [4.69, 9.17) is 0 Å². The topological polar surface area (TPSA) is 60.4 Å². The number of ketones is 2. The van der Waals surface area contributed by atoms with Crippen molar-refractivity contribution in [3.63, 3.8) is 0 Å². The van der Waals surface area contributed by atoms with Crippen LogP contribution in [0.2, 0.25) is 0 Å². The van der Waals surface area contributed by atoms with Crippen molar-refractivity contribution >= 4 is 17.5 Å². The molecule has 0 aliphatic heterocycles. The van der Waals surface area contributed by atoms with E-state index in [1.54, 1.807) is 0 Å². The number of hydrogen-bond acceptors (Lipinski definition) is 4. The summed E-state index contributed by atoms with van der Waals surface area (Å²) in [5.74, 6) is -0.411. The van der Waals surface area contributed by atoms with Gasteiger partial charge in [-0.3, -0.25) is 14.4 Å². The van der Waals surface area contributed by atoms with Crippen LogP contribution in [0.4, 0.5) is 0 Å². The first-order valence-corrected chi connectivity index (χ1v) is 6.80. The summed E-state index contributed by atoms with van der Waals surface area (Å²) in [6.07, 6.45) is 3.03. The summed E-state index contributed by atoms with van der Waals surface area (Å²) in [6, 6.07) is 0. The zero-order valence-electron chi connectivity index (χ0n) is 12.4. The van der Waals surface area contributed by atoms with Gasteiger partial charge in [-0.1, -0.05) is 20.8 Å².